The SMILES string of the molecule is CCOc1ccc(/C(CCC(=O)[O-])=N\Nc2cccc([N+](=O)[O-])c2)cc1. The molecule has 0 fully saturated rings. The average molecular weight is 356 g/mol. The summed E-state index contributed by atoms with van der Waals surface area (Å²) < 4.78 is 5.38. The summed E-state index contributed by atoms with van der Waals surface area (Å²) in [5.74, 6) is -0.485. The predicted octanol–water partition coefficient (Wildman–Crippen LogP) is 2.34. The van der Waals surface area contributed by atoms with Crippen molar-refractivity contribution in [2.24, 2.45) is 5.10 Å². The van der Waals surface area contributed by atoms with Gasteiger partial charge in [-0.05, 0) is 55.7 Å². The Balaban J connectivity index is 2.22. The molecule has 0 atom stereocenters. The zero-order valence-electron chi connectivity index (χ0n) is 14.2. The summed E-state index contributed by atoms with van der Waals surface area (Å²) >= 11 is 0. The van der Waals surface area contributed by atoms with Crippen LogP contribution in [0.2, 0.25) is 0 Å². The van der Waals surface area contributed by atoms with E-state index in [9.17, 15) is 20.0 Å². The van der Waals surface area contributed by atoms with Crippen molar-refractivity contribution in [1.29, 1.82) is 0 Å². The highest BCUT2D eigenvalue weighted by molar-refractivity contribution is 6.02. The van der Waals surface area contributed by atoms with Crippen molar-refractivity contribution in [2.75, 3.05) is 12.0 Å². The molecule has 2 aromatic rings. The number of hydrogen-bond acceptors (Lipinski definition) is 7. The summed E-state index contributed by atoms with van der Waals surface area (Å²) in [6.45, 7) is 2.42. The number of benzene rings is 2. The van der Waals surface area contributed by atoms with Gasteiger partial charge in [0.2, 0.25) is 0 Å². The number of anilines is 1. The molecule has 1 N–H and O–H groups in total. The number of hydrogen-bond donors (Lipinski definition) is 1. The Labute approximate surface area is 150 Å². The van der Waals surface area contributed by atoms with Crippen molar-refractivity contribution in [3.8, 4) is 5.75 Å². The minimum atomic E-state index is -1.18. The molecule has 0 aromatic heterocycles. The van der Waals surface area contributed by atoms with Crippen LogP contribution in [0.4, 0.5) is 11.4 Å². The fraction of sp³-hybridized carbons (Fsp3) is 0.222. The van der Waals surface area contributed by atoms with Crippen LogP contribution in [0.25, 0.3) is 0 Å². The molecule has 0 radical (unpaired) electrons. The van der Waals surface area contributed by atoms with Crippen molar-refractivity contribution in [3.63, 3.8) is 0 Å². The Bertz CT molecular complexity index is 803. The molecule has 0 bridgehead atoms. The third-order valence-corrected chi connectivity index (χ3v) is 3.44. The maximum absolute atomic E-state index is 10.8. The number of carbonyl (C=O) groups is 1. The van der Waals surface area contributed by atoms with Crippen molar-refractivity contribution in [1.82, 2.24) is 0 Å². The van der Waals surface area contributed by atoms with Crippen LogP contribution in [0.15, 0.2) is 53.6 Å². The maximum atomic E-state index is 10.8. The number of rotatable bonds is 9. The molecule has 0 saturated heterocycles. The molecular formula is C18H18N3O5-. The van der Waals surface area contributed by atoms with Gasteiger partial charge in [0.25, 0.3) is 5.69 Å². The van der Waals surface area contributed by atoms with Crippen LogP contribution in [0, 0.1) is 10.1 Å². The van der Waals surface area contributed by atoms with Crippen LogP contribution in [0.3, 0.4) is 0 Å². The molecule has 8 nitrogen and oxygen atoms in total. The molecular weight excluding hydrogens is 338 g/mol. The summed E-state index contributed by atoms with van der Waals surface area (Å²) in [6, 6.07) is 13.0. The number of carbonyl (C=O) groups excluding carboxylic acids is 1. The summed E-state index contributed by atoms with van der Waals surface area (Å²) in [4.78, 5) is 21.1. The first kappa shape index (κ1) is 18.9. The minimum Gasteiger partial charge on any atom is -0.550 e. The second-order valence-electron chi connectivity index (χ2n) is 5.31. The van der Waals surface area contributed by atoms with E-state index in [4.69, 9.17) is 4.74 Å². The minimum absolute atomic E-state index is 0.0671. The number of carboxylic acid groups (broad SMARTS) is 1. The zero-order chi connectivity index (χ0) is 18.9. The quantitative estimate of drug-likeness (QED) is 0.419. The van der Waals surface area contributed by atoms with Crippen LogP contribution in [-0.4, -0.2) is 23.2 Å². The molecule has 0 heterocycles. The highest BCUT2D eigenvalue weighted by Gasteiger charge is 2.08. The third-order valence-electron chi connectivity index (χ3n) is 3.44. The molecule has 0 aliphatic rings. The summed E-state index contributed by atoms with van der Waals surface area (Å²) in [5, 5.41) is 25.8. The standard InChI is InChI=1S/C18H19N3O5/c1-2-26-16-8-6-13(7-9-16)17(10-11-18(22)23)20-19-14-4-3-5-15(12-14)21(24)25/h3-9,12,19H,2,10-11H2,1H3,(H,22,23)/p-1/b20-17-. The van der Waals surface area contributed by atoms with E-state index in [0.717, 1.165) is 0 Å². The normalized spacial score (nSPS) is 11.0. The Morgan fingerprint density at radius 1 is 1.19 bits per heavy atom. The number of non-ortho nitro benzene ring substituents is 1. The largest absolute Gasteiger partial charge is 0.550 e. The number of nitro benzene ring substituents is 1. The number of aliphatic carboxylic acids is 1. The molecule has 0 spiro atoms. The number of carboxylic acids is 1. The number of nitro groups is 1. The van der Waals surface area contributed by atoms with Gasteiger partial charge in [0.1, 0.15) is 5.75 Å². The van der Waals surface area contributed by atoms with Gasteiger partial charge in [-0.15, -0.1) is 0 Å². The number of nitrogens with zero attached hydrogens (tertiary/aromatic N) is 2. The lowest BCUT2D eigenvalue weighted by molar-refractivity contribution is -0.384. The van der Waals surface area contributed by atoms with Gasteiger partial charge in [0, 0.05) is 18.1 Å². The summed E-state index contributed by atoms with van der Waals surface area (Å²) in [6.07, 6.45) is -0.0408. The Hall–Kier alpha value is -3.42. The van der Waals surface area contributed by atoms with Crippen LogP contribution in [0.5, 0.6) is 5.75 Å². The monoisotopic (exact) mass is 356 g/mol. The Morgan fingerprint density at radius 3 is 2.54 bits per heavy atom. The molecule has 8 heteroatoms. The zero-order valence-corrected chi connectivity index (χ0v) is 14.2. The highest BCUT2D eigenvalue weighted by atomic mass is 16.6. The molecule has 0 aliphatic heterocycles. The summed E-state index contributed by atoms with van der Waals surface area (Å²) in [5.41, 5.74) is 4.31. The smallest absolute Gasteiger partial charge is 0.271 e. The van der Waals surface area contributed by atoms with Crippen LogP contribution in [-0.2, 0) is 4.79 Å². The van der Waals surface area contributed by atoms with E-state index in [1.54, 1.807) is 30.3 Å². The lowest BCUT2D eigenvalue weighted by atomic mass is 10.1. The predicted molar refractivity (Wildman–Crippen MR) is 95.1 cm³/mol. The van der Waals surface area contributed by atoms with E-state index in [1.165, 1.54) is 18.2 Å². The molecule has 26 heavy (non-hydrogen) atoms. The second kappa shape index (κ2) is 9.16. The van der Waals surface area contributed by atoms with Gasteiger partial charge in [-0.25, -0.2) is 0 Å². The first-order valence-corrected chi connectivity index (χ1v) is 7.99. The molecule has 0 aliphatic carbocycles. The van der Waals surface area contributed by atoms with Crippen LogP contribution >= 0.6 is 0 Å². The molecule has 2 rings (SSSR count). The van der Waals surface area contributed by atoms with Crippen LogP contribution < -0.4 is 15.3 Å². The first-order chi connectivity index (χ1) is 12.5. The fourth-order valence-electron chi connectivity index (χ4n) is 2.22. The second-order valence-corrected chi connectivity index (χ2v) is 5.31. The van der Waals surface area contributed by atoms with Crippen molar-refractivity contribution >= 4 is 23.1 Å². The Morgan fingerprint density at radius 2 is 1.92 bits per heavy atom. The van der Waals surface area contributed by atoms with E-state index in [0.29, 0.717) is 29.3 Å². The van der Waals surface area contributed by atoms with Crippen molar-refractivity contribution in [2.45, 2.75) is 19.8 Å². The number of hydrazone groups is 1. The molecule has 0 unspecified atom stereocenters. The van der Waals surface area contributed by atoms with Gasteiger partial charge in [-0.2, -0.15) is 5.10 Å². The summed E-state index contributed by atoms with van der Waals surface area (Å²) in [7, 11) is 0. The number of ether oxygens (including phenoxy) is 1. The van der Waals surface area contributed by atoms with Gasteiger partial charge >= 0.3 is 0 Å². The molecule has 0 saturated carbocycles. The fourth-order valence-corrected chi connectivity index (χ4v) is 2.22. The third kappa shape index (κ3) is 5.59. The van der Waals surface area contributed by atoms with Gasteiger partial charge in [0.05, 0.1) is 22.9 Å². The van der Waals surface area contributed by atoms with Crippen LogP contribution in [0.1, 0.15) is 25.3 Å². The molecule has 2 aromatic carbocycles. The lowest BCUT2D eigenvalue weighted by Crippen LogP contribution is -2.23. The van der Waals surface area contributed by atoms with E-state index in [-0.39, 0.29) is 18.5 Å². The van der Waals surface area contributed by atoms with Gasteiger partial charge in [0.15, 0.2) is 0 Å². The van der Waals surface area contributed by atoms with E-state index in [2.05, 4.69) is 10.5 Å². The first-order valence-electron chi connectivity index (χ1n) is 7.99. The Kier molecular flexibility index (Phi) is 6.67. The van der Waals surface area contributed by atoms with E-state index < -0.39 is 10.9 Å². The maximum Gasteiger partial charge on any atom is 0.271 e. The van der Waals surface area contributed by atoms with Crippen molar-refractivity contribution < 1.29 is 19.6 Å². The van der Waals surface area contributed by atoms with E-state index >= 15 is 0 Å². The van der Waals surface area contributed by atoms with Gasteiger partial charge < -0.3 is 14.6 Å². The van der Waals surface area contributed by atoms with Gasteiger partial charge in [-0.1, -0.05) is 6.07 Å². The molecule has 0 amide bonds. The average Bonchev–Trinajstić information content (AvgIpc) is 2.63. The van der Waals surface area contributed by atoms with Crippen molar-refractivity contribution in [3.05, 3.63) is 64.2 Å². The highest BCUT2D eigenvalue weighted by Crippen LogP contribution is 2.18. The molecule has 136 valence electrons. The topological polar surface area (TPSA) is 117 Å². The van der Waals surface area contributed by atoms with Gasteiger partial charge in [-0.3, -0.25) is 15.5 Å². The lowest BCUT2D eigenvalue weighted by Gasteiger charge is -2.10. The van der Waals surface area contributed by atoms with E-state index in [1.807, 2.05) is 6.92 Å². The number of nitrogens with one attached hydrogen (secondary N) is 1.